The number of hydrogen-bond acceptors (Lipinski definition) is 6. The molecule has 0 bridgehead atoms. The quantitative estimate of drug-likeness (QED) is 0.479. The van der Waals surface area contributed by atoms with E-state index in [1.54, 1.807) is 6.92 Å². The maximum atomic E-state index is 9.62. The van der Waals surface area contributed by atoms with Crippen molar-refractivity contribution in [1.82, 2.24) is 0 Å². The molecule has 6 atom stereocenters. The van der Waals surface area contributed by atoms with E-state index < -0.39 is 37.3 Å². The van der Waals surface area contributed by atoms with Crippen LogP contribution in [-0.2, 0) is 9.47 Å². The first-order valence-electron chi connectivity index (χ1n) is 5.47. The molecule has 0 aromatic rings. The highest BCUT2D eigenvalue weighted by molar-refractivity contribution is 4.89. The van der Waals surface area contributed by atoms with Crippen molar-refractivity contribution in [2.45, 2.75) is 57.1 Å². The van der Waals surface area contributed by atoms with Gasteiger partial charge >= 0.3 is 0 Å². The van der Waals surface area contributed by atoms with Crippen LogP contribution in [0.5, 0.6) is 0 Å². The normalized spacial score (nSPS) is 42.0. The molecule has 6 heteroatoms. The number of aliphatic hydroxyl groups is 4. The van der Waals surface area contributed by atoms with Gasteiger partial charge in [0, 0.05) is 0 Å². The molecule has 0 aromatic heterocycles. The van der Waals surface area contributed by atoms with Crippen LogP contribution in [0.3, 0.4) is 0 Å². The van der Waals surface area contributed by atoms with E-state index in [4.69, 9.17) is 14.6 Å². The van der Waals surface area contributed by atoms with Crippen LogP contribution in [0.25, 0.3) is 0 Å². The predicted molar refractivity (Wildman–Crippen MR) is 54.6 cm³/mol. The van der Waals surface area contributed by atoms with Crippen LogP contribution in [-0.4, -0.2) is 63.8 Å². The Bertz CT molecular complexity index is 209. The first-order valence-corrected chi connectivity index (χ1v) is 5.47. The van der Waals surface area contributed by atoms with Gasteiger partial charge in [0.25, 0.3) is 0 Å². The molecule has 4 N–H and O–H groups in total. The highest BCUT2D eigenvalue weighted by atomic mass is 16.7. The molecule has 1 fully saturated rings. The van der Waals surface area contributed by atoms with Gasteiger partial charge in [0.1, 0.15) is 24.4 Å². The Hall–Kier alpha value is -0.240. The summed E-state index contributed by atoms with van der Waals surface area (Å²) in [6.45, 7) is 3.28. The Morgan fingerprint density at radius 1 is 1.19 bits per heavy atom. The Balaban J connectivity index is 2.63. The van der Waals surface area contributed by atoms with Crippen molar-refractivity contribution in [1.29, 1.82) is 0 Å². The van der Waals surface area contributed by atoms with E-state index in [-0.39, 0.29) is 6.10 Å². The second-order valence-electron chi connectivity index (χ2n) is 4.05. The summed E-state index contributed by atoms with van der Waals surface area (Å²) in [5.41, 5.74) is 0. The van der Waals surface area contributed by atoms with Gasteiger partial charge in [0.15, 0.2) is 6.29 Å². The summed E-state index contributed by atoms with van der Waals surface area (Å²) in [4.78, 5) is 0. The third-order valence-electron chi connectivity index (χ3n) is 2.79. The summed E-state index contributed by atoms with van der Waals surface area (Å²) in [5.74, 6) is 0. The van der Waals surface area contributed by atoms with Gasteiger partial charge in [-0.15, -0.1) is 0 Å². The van der Waals surface area contributed by atoms with E-state index in [2.05, 4.69) is 0 Å². The molecule has 1 rings (SSSR count). The molecule has 1 aliphatic rings. The zero-order valence-corrected chi connectivity index (χ0v) is 9.48. The van der Waals surface area contributed by atoms with Crippen molar-refractivity contribution < 1.29 is 29.9 Å². The summed E-state index contributed by atoms with van der Waals surface area (Å²) in [5, 5.41) is 37.6. The lowest BCUT2D eigenvalue weighted by Crippen LogP contribution is -2.59. The zero-order chi connectivity index (χ0) is 12.3. The average Bonchev–Trinajstić information content (AvgIpc) is 2.29. The van der Waals surface area contributed by atoms with Crippen LogP contribution in [0.4, 0.5) is 0 Å². The lowest BCUT2D eigenvalue weighted by atomic mass is 9.99. The lowest BCUT2D eigenvalue weighted by molar-refractivity contribution is -0.310. The van der Waals surface area contributed by atoms with Crippen molar-refractivity contribution >= 4 is 0 Å². The molecule has 6 nitrogen and oxygen atoms in total. The SMILES string of the molecule is CCC(C)O[C@H]1OC(CO)[C@@H](O)[C@H](O)[C@H]1O. The Morgan fingerprint density at radius 2 is 1.81 bits per heavy atom. The Kier molecular flexibility index (Phi) is 5.10. The maximum absolute atomic E-state index is 9.62. The molecular weight excluding hydrogens is 216 g/mol. The van der Waals surface area contributed by atoms with E-state index in [1.165, 1.54) is 0 Å². The molecule has 1 aliphatic heterocycles. The molecule has 0 aromatic carbocycles. The third-order valence-corrected chi connectivity index (χ3v) is 2.79. The second-order valence-corrected chi connectivity index (χ2v) is 4.05. The molecule has 0 spiro atoms. The molecule has 2 unspecified atom stereocenters. The van der Waals surface area contributed by atoms with Gasteiger partial charge in [0.2, 0.25) is 0 Å². The second kappa shape index (κ2) is 5.90. The van der Waals surface area contributed by atoms with Gasteiger partial charge in [-0.1, -0.05) is 6.92 Å². The highest BCUT2D eigenvalue weighted by Gasteiger charge is 2.44. The van der Waals surface area contributed by atoms with Gasteiger partial charge < -0.3 is 29.9 Å². The van der Waals surface area contributed by atoms with Gasteiger partial charge in [-0.05, 0) is 13.3 Å². The molecular formula is C10H20O6. The molecule has 16 heavy (non-hydrogen) atoms. The topological polar surface area (TPSA) is 99.4 Å². The van der Waals surface area contributed by atoms with Crippen LogP contribution in [0.15, 0.2) is 0 Å². The average molecular weight is 236 g/mol. The summed E-state index contributed by atoms with van der Waals surface area (Å²) >= 11 is 0. The van der Waals surface area contributed by atoms with Crippen LogP contribution in [0.2, 0.25) is 0 Å². The van der Waals surface area contributed by atoms with Gasteiger partial charge in [-0.25, -0.2) is 0 Å². The molecule has 1 heterocycles. The van der Waals surface area contributed by atoms with Gasteiger partial charge in [0.05, 0.1) is 12.7 Å². The predicted octanol–water partition coefficient (Wildman–Crippen LogP) is -1.40. The number of rotatable bonds is 4. The molecule has 0 saturated carbocycles. The lowest BCUT2D eigenvalue weighted by Gasteiger charge is -2.40. The fraction of sp³-hybridized carbons (Fsp3) is 1.00. The monoisotopic (exact) mass is 236 g/mol. The standard InChI is InChI=1S/C10H20O6/c1-3-5(2)15-10-9(14)8(13)7(12)6(4-11)16-10/h5-14H,3-4H2,1-2H3/t5?,6?,7-,8+,9-,10+/m1/s1. The largest absolute Gasteiger partial charge is 0.394 e. The van der Waals surface area contributed by atoms with Crippen LogP contribution < -0.4 is 0 Å². The fourth-order valence-corrected chi connectivity index (χ4v) is 1.50. The summed E-state index contributed by atoms with van der Waals surface area (Å²) < 4.78 is 10.5. The third kappa shape index (κ3) is 2.91. The summed E-state index contributed by atoms with van der Waals surface area (Å²) in [6.07, 6.45) is -5.36. The molecule has 0 radical (unpaired) electrons. The number of aliphatic hydroxyl groups excluding tert-OH is 4. The minimum Gasteiger partial charge on any atom is -0.394 e. The van der Waals surface area contributed by atoms with Crippen LogP contribution >= 0.6 is 0 Å². The van der Waals surface area contributed by atoms with E-state index in [0.717, 1.165) is 6.42 Å². The van der Waals surface area contributed by atoms with E-state index in [0.29, 0.717) is 0 Å². The van der Waals surface area contributed by atoms with Gasteiger partial charge in [-0.3, -0.25) is 0 Å². The highest BCUT2D eigenvalue weighted by Crippen LogP contribution is 2.23. The first-order chi connectivity index (χ1) is 7.51. The van der Waals surface area contributed by atoms with Crippen molar-refractivity contribution in [3.8, 4) is 0 Å². The zero-order valence-electron chi connectivity index (χ0n) is 9.48. The number of hydrogen-bond donors (Lipinski definition) is 4. The summed E-state index contributed by atoms with van der Waals surface area (Å²) in [6, 6.07) is 0. The summed E-state index contributed by atoms with van der Waals surface area (Å²) in [7, 11) is 0. The van der Waals surface area contributed by atoms with E-state index in [9.17, 15) is 15.3 Å². The van der Waals surface area contributed by atoms with Crippen LogP contribution in [0, 0.1) is 0 Å². The fourth-order valence-electron chi connectivity index (χ4n) is 1.50. The molecule has 0 aliphatic carbocycles. The molecule has 96 valence electrons. The van der Waals surface area contributed by atoms with E-state index in [1.807, 2.05) is 6.92 Å². The minimum atomic E-state index is -1.38. The number of ether oxygens (including phenoxy) is 2. The van der Waals surface area contributed by atoms with Crippen molar-refractivity contribution in [2.24, 2.45) is 0 Å². The van der Waals surface area contributed by atoms with Crippen molar-refractivity contribution in [2.75, 3.05) is 6.61 Å². The molecule has 1 saturated heterocycles. The minimum absolute atomic E-state index is 0.138. The maximum Gasteiger partial charge on any atom is 0.186 e. The van der Waals surface area contributed by atoms with Crippen molar-refractivity contribution in [3.63, 3.8) is 0 Å². The van der Waals surface area contributed by atoms with Crippen LogP contribution in [0.1, 0.15) is 20.3 Å². The Labute approximate surface area is 94.4 Å². The van der Waals surface area contributed by atoms with Crippen molar-refractivity contribution in [3.05, 3.63) is 0 Å². The van der Waals surface area contributed by atoms with Gasteiger partial charge in [-0.2, -0.15) is 0 Å². The molecule has 0 amide bonds. The first kappa shape index (κ1) is 13.8. The smallest absolute Gasteiger partial charge is 0.186 e. The van der Waals surface area contributed by atoms with E-state index >= 15 is 0 Å². The Morgan fingerprint density at radius 3 is 2.31 bits per heavy atom.